The average Bonchev–Trinajstić information content (AvgIpc) is 3.38. The molecule has 3 heterocycles. The Balaban J connectivity index is 1.86. The standard InChI is InChI=1S/C23H27N3O4/c1-3-25(4-2)13-7-14-26-21(17-8-5-12-24-16-17)20(22(28)23(26)29)19(27)11-10-18-9-6-15-30-18/h5-6,8-12,15-16,21,28H,3-4,7,13-14H2,1-2H3/b11-10+. The monoisotopic (exact) mass is 409 g/mol. The molecule has 0 saturated heterocycles. The normalized spacial score (nSPS) is 17.0. The number of carbonyl (C=O) groups is 2. The van der Waals surface area contributed by atoms with Crippen LogP contribution >= 0.6 is 0 Å². The predicted octanol–water partition coefficient (Wildman–Crippen LogP) is 3.38. The van der Waals surface area contributed by atoms with E-state index in [1.165, 1.54) is 18.4 Å². The summed E-state index contributed by atoms with van der Waals surface area (Å²) in [6, 6.07) is 6.33. The van der Waals surface area contributed by atoms with Gasteiger partial charge in [-0.05, 0) is 62.0 Å². The summed E-state index contributed by atoms with van der Waals surface area (Å²) in [5, 5.41) is 10.6. The number of amides is 1. The largest absolute Gasteiger partial charge is 0.503 e. The minimum absolute atomic E-state index is 0.0682. The fraction of sp³-hybridized carbons (Fsp3) is 0.348. The van der Waals surface area contributed by atoms with Gasteiger partial charge in [0.1, 0.15) is 5.76 Å². The number of pyridine rings is 1. The lowest BCUT2D eigenvalue weighted by Gasteiger charge is -2.27. The zero-order valence-corrected chi connectivity index (χ0v) is 17.3. The molecule has 1 amide bonds. The molecule has 1 aliphatic heterocycles. The lowest BCUT2D eigenvalue weighted by Crippen LogP contribution is -2.34. The first kappa shape index (κ1) is 21.5. The van der Waals surface area contributed by atoms with Crippen LogP contribution in [0.25, 0.3) is 6.08 Å². The van der Waals surface area contributed by atoms with Crippen molar-refractivity contribution in [1.29, 1.82) is 0 Å². The Morgan fingerprint density at radius 2 is 2.10 bits per heavy atom. The Kier molecular flexibility index (Phi) is 7.19. The summed E-state index contributed by atoms with van der Waals surface area (Å²) in [6.07, 6.45) is 8.35. The summed E-state index contributed by atoms with van der Waals surface area (Å²) in [4.78, 5) is 33.8. The highest BCUT2D eigenvalue weighted by Crippen LogP contribution is 2.37. The molecular formula is C23H27N3O4. The van der Waals surface area contributed by atoms with Crippen LogP contribution in [0.3, 0.4) is 0 Å². The highest BCUT2D eigenvalue weighted by molar-refractivity contribution is 6.14. The van der Waals surface area contributed by atoms with E-state index in [1.54, 1.807) is 35.5 Å². The second kappa shape index (κ2) is 10.0. The van der Waals surface area contributed by atoms with Crippen molar-refractivity contribution in [2.75, 3.05) is 26.2 Å². The van der Waals surface area contributed by atoms with Gasteiger partial charge in [-0.15, -0.1) is 0 Å². The molecule has 7 nitrogen and oxygen atoms in total. The third-order valence-electron chi connectivity index (χ3n) is 5.28. The zero-order chi connectivity index (χ0) is 21.5. The number of aliphatic hydroxyl groups excluding tert-OH is 1. The Morgan fingerprint density at radius 1 is 1.30 bits per heavy atom. The Bertz CT molecular complexity index is 915. The molecule has 1 unspecified atom stereocenters. The van der Waals surface area contributed by atoms with E-state index in [2.05, 4.69) is 23.7 Å². The number of hydrogen-bond acceptors (Lipinski definition) is 6. The van der Waals surface area contributed by atoms with Crippen molar-refractivity contribution in [3.63, 3.8) is 0 Å². The van der Waals surface area contributed by atoms with Crippen LogP contribution in [0.2, 0.25) is 0 Å². The molecule has 158 valence electrons. The van der Waals surface area contributed by atoms with E-state index in [9.17, 15) is 14.7 Å². The first-order chi connectivity index (χ1) is 14.6. The highest BCUT2D eigenvalue weighted by Gasteiger charge is 2.42. The second-order valence-corrected chi connectivity index (χ2v) is 7.04. The number of hydrogen-bond donors (Lipinski definition) is 1. The fourth-order valence-electron chi connectivity index (χ4n) is 3.66. The molecule has 3 rings (SSSR count). The van der Waals surface area contributed by atoms with Gasteiger partial charge in [0.2, 0.25) is 0 Å². The second-order valence-electron chi connectivity index (χ2n) is 7.04. The molecule has 0 spiro atoms. The van der Waals surface area contributed by atoms with Gasteiger partial charge >= 0.3 is 0 Å². The lowest BCUT2D eigenvalue weighted by molar-refractivity contribution is -0.129. The van der Waals surface area contributed by atoms with Crippen LogP contribution in [0.1, 0.15) is 37.6 Å². The average molecular weight is 409 g/mol. The fourth-order valence-corrected chi connectivity index (χ4v) is 3.66. The molecule has 0 aromatic carbocycles. The number of carbonyl (C=O) groups excluding carboxylic acids is 2. The van der Waals surface area contributed by atoms with Crippen molar-refractivity contribution in [3.8, 4) is 0 Å². The highest BCUT2D eigenvalue weighted by atomic mass is 16.3. The molecule has 2 aromatic rings. The SMILES string of the molecule is CCN(CC)CCCN1C(=O)C(O)=C(C(=O)/C=C/c2ccco2)C1c1cccnc1. The molecule has 0 radical (unpaired) electrons. The predicted molar refractivity (Wildman–Crippen MR) is 113 cm³/mol. The van der Waals surface area contributed by atoms with Gasteiger partial charge in [0, 0.05) is 18.9 Å². The van der Waals surface area contributed by atoms with E-state index in [1.807, 2.05) is 6.07 Å². The van der Waals surface area contributed by atoms with Crippen LogP contribution in [0.5, 0.6) is 0 Å². The van der Waals surface area contributed by atoms with Crippen LogP contribution in [0.15, 0.2) is 64.7 Å². The maximum Gasteiger partial charge on any atom is 0.290 e. The molecule has 1 N–H and O–H groups in total. The van der Waals surface area contributed by atoms with Gasteiger partial charge in [0.25, 0.3) is 5.91 Å². The van der Waals surface area contributed by atoms with Crippen molar-refractivity contribution < 1.29 is 19.1 Å². The summed E-state index contributed by atoms with van der Waals surface area (Å²) in [5.41, 5.74) is 0.756. The van der Waals surface area contributed by atoms with Crippen molar-refractivity contribution >= 4 is 17.8 Å². The quantitative estimate of drug-likeness (QED) is 0.606. The van der Waals surface area contributed by atoms with Crippen molar-refractivity contribution in [1.82, 2.24) is 14.8 Å². The number of rotatable bonds is 10. The van der Waals surface area contributed by atoms with E-state index in [-0.39, 0.29) is 5.57 Å². The van der Waals surface area contributed by atoms with Crippen LogP contribution in [-0.4, -0.2) is 57.8 Å². The van der Waals surface area contributed by atoms with Crippen molar-refractivity contribution in [3.05, 3.63) is 71.7 Å². The zero-order valence-electron chi connectivity index (χ0n) is 17.3. The van der Waals surface area contributed by atoms with Crippen molar-refractivity contribution in [2.45, 2.75) is 26.3 Å². The molecule has 0 fully saturated rings. The molecule has 0 aliphatic carbocycles. The maximum atomic E-state index is 12.9. The Hall–Kier alpha value is -3.19. The molecule has 0 bridgehead atoms. The smallest absolute Gasteiger partial charge is 0.290 e. The van der Waals surface area contributed by atoms with Crippen LogP contribution in [-0.2, 0) is 9.59 Å². The molecule has 7 heteroatoms. The molecule has 0 saturated carbocycles. The maximum absolute atomic E-state index is 12.9. The number of nitrogens with zero attached hydrogens (tertiary/aromatic N) is 3. The Labute approximate surface area is 176 Å². The third-order valence-corrected chi connectivity index (χ3v) is 5.28. The minimum atomic E-state index is -0.670. The van der Waals surface area contributed by atoms with Crippen LogP contribution in [0, 0.1) is 0 Å². The van der Waals surface area contributed by atoms with Gasteiger partial charge in [0.15, 0.2) is 11.5 Å². The summed E-state index contributed by atoms with van der Waals surface area (Å²) in [6.45, 7) is 7.32. The first-order valence-corrected chi connectivity index (χ1v) is 10.2. The van der Waals surface area contributed by atoms with Crippen LogP contribution in [0.4, 0.5) is 0 Å². The molecular weight excluding hydrogens is 382 g/mol. The number of furan rings is 1. The van der Waals surface area contributed by atoms with E-state index >= 15 is 0 Å². The molecule has 1 atom stereocenters. The summed E-state index contributed by atoms with van der Waals surface area (Å²) >= 11 is 0. The molecule has 2 aromatic heterocycles. The summed E-state index contributed by atoms with van der Waals surface area (Å²) < 4.78 is 5.21. The van der Waals surface area contributed by atoms with Crippen molar-refractivity contribution in [2.24, 2.45) is 0 Å². The van der Waals surface area contributed by atoms with E-state index < -0.39 is 23.5 Å². The van der Waals surface area contributed by atoms with Gasteiger partial charge in [-0.1, -0.05) is 19.9 Å². The van der Waals surface area contributed by atoms with E-state index in [0.29, 0.717) is 17.9 Å². The number of aliphatic hydroxyl groups is 1. The van der Waals surface area contributed by atoms with Gasteiger partial charge in [0.05, 0.1) is 17.9 Å². The summed E-state index contributed by atoms with van der Waals surface area (Å²) in [7, 11) is 0. The van der Waals surface area contributed by atoms with Gasteiger partial charge < -0.3 is 19.3 Å². The minimum Gasteiger partial charge on any atom is -0.503 e. The third kappa shape index (κ3) is 4.68. The number of allylic oxidation sites excluding steroid dienone is 1. The number of aromatic nitrogens is 1. The number of ketones is 1. The van der Waals surface area contributed by atoms with Gasteiger partial charge in [-0.2, -0.15) is 0 Å². The molecule has 1 aliphatic rings. The van der Waals surface area contributed by atoms with E-state index in [4.69, 9.17) is 4.42 Å². The summed E-state index contributed by atoms with van der Waals surface area (Å²) in [5.74, 6) is -0.946. The van der Waals surface area contributed by atoms with E-state index in [0.717, 1.165) is 26.1 Å². The first-order valence-electron chi connectivity index (χ1n) is 10.2. The Morgan fingerprint density at radius 3 is 2.73 bits per heavy atom. The topological polar surface area (TPSA) is 86.9 Å². The lowest BCUT2D eigenvalue weighted by atomic mass is 9.97. The van der Waals surface area contributed by atoms with Gasteiger partial charge in [-0.3, -0.25) is 14.6 Å². The molecule has 30 heavy (non-hydrogen) atoms. The van der Waals surface area contributed by atoms with Gasteiger partial charge in [-0.25, -0.2) is 0 Å². The van der Waals surface area contributed by atoms with Crippen LogP contribution < -0.4 is 0 Å².